The molecule has 1 N–H and O–H groups in total. The lowest BCUT2D eigenvalue weighted by molar-refractivity contribution is 0.102. The average Bonchev–Trinajstić information content (AvgIpc) is 2.50. The average molecular weight is 288 g/mol. The van der Waals surface area contributed by atoms with Gasteiger partial charge in [0.05, 0.1) is 24.4 Å². The third kappa shape index (κ3) is 3.15. The van der Waals surface area contributed by atoms with E-state index < -0.39 is 17.5 Å². The molecular formula is C15H10F2N2O2. The van der Waals surface area contributed by atoms with Crippen molar-refractivity contribution in [1.82, 2.24) is 0 Å². The van der Waals surface area contributed by atoms with E-state index in [1.54, 1.807) is 0 Å². The van der Waals surface area contributed by atoms with Gasteiger partial charge in [0.25, 0.3) is 5.91 Å². The van der Waals surface area contributed by atoms with Crippen LogP contribution < -0.4 is 10.1 Å². The fraction of sp³-hybridized carbons (Fsp3) is 0.0667. The molecule has 0 aliphatic carbocycles. The van der Waals surface area contributed by atoms with E-state index in [1.807, 2.05) is 6.07 Å². The summed E-state index contributed by atoms with van der Waals surface area (Å²) in [5.74, 6) is -2.45. The molecular weight excluding hydrogens is 278 g/mol. The lowest BCUT2D eigenvalue weighted by Gasteiger charge is -2.10. The molecule has 0 atom stereocenters. The van der Waals surface area contributed by atoms with Gasteiger partial charge in [0.1, 0.15) is 5.75 Å². The number of nitrogens with one attached hydrogen (secondary N) is 1. The zero-order chi connectivity index (χ0) is 15.4. The Kier molecular flexibility index (Phi) is 4.14. The molecule has 0 fully saturated rings. The van der Waals surface area contributed by atoms with Gasteiger partial charge in [-0.2, -0.15) is 5.26 Å². The van der Waals surface area contributed by atoms with Crippen LogP contribution in [0.2, 0.25) is 0 Å². The Hall–Kier alpha value is -2.94. The van der Waals surface area contributed by atoms with E-state index in [9.17, 15) is 13.6 Å². The molecule has 4 nitrogen and oxygen atoms in total. The number of rotatable bonds is 3. The van der Waals surface area contributed by atoms with Gasteiger partial charge in [-0.3, -0.25) is 4.79 Å². The smallest absolute Gasteiger partial charge is 0.255 e. The molecule has 106 valence electrons. The van der Waals surface area contributed by atoms with Crippen LogP contribution in [-0.2, 0) is 0 Å². The van der Waals surface area contributed by atoms with Gasteiger partial charge in [0.2, 0.25) is 0 Å². The van der Waals surface area contributed by atoms with E-state index in [-0.39, 0.29) is 5.56 Å². The van der Waals surface area contributed by atoms with Crippen LogP contribution in [0.15, 0.2) is 36.4 Å². The maximum Gasteiger partial charge on any atom is 0.255 e. The summed E-state index contributed by atoms with van der Waals surface area (Å²) in [6.07, 6.45) is 0. The lowest BCUT2D eigenvalue weighted by Crippen LogP contribution is -2.13. The number of halogens is 2. The number of benzene rings is 2. The van der Waals surface area contributed by atoms with Crippen LogP contribution in [-0.4, -0.2) is 13.0 Å². The lowest BCUT2D eigenvalue weighted by atomic mass is 10.1. The van der Waals surface area contributed by atoms with Crippen molar-refractivity contribution in [2.45, 2.75) is 0 Å². The monoisotopic (exact) mass is 288 g/mol. The third-order valence-corrected chi connectivity index (χ3v) is 2.76. The Labute approximate surface area is 119 Å². The van der Waals surface area contributed by atoms with Crippen LogP contribution in [0.25, 0.3) is 0 Å². The summed E-state index contributed by atoms with van der Waals surface area (Å²) in [7, 11) is 1.39. The van der Waals surface area contributed by atoms with Crippen molar-refractivity contribution >= 4 is 11.6 Å². The van der Waals surface area contributed by atoms with E-state index in [0.29, 0.717) is 17.0 Å². The largest absolute Gasteiger partial charge is 0.495 e. The molecule has 0 spiro atoms. The van der Waals surface area contributed by atoms with Crippen LogP contribution >= 0.6 is 0 Å². The molecule has 0 aromatic heterocycles. The van der Waals surface area contributed by atoms with Crippen LogP contribution in [0.5, 0.6) is 5.75 Å². The van der Waals surface area contributed by atoms with Gasteiger partial charge in [-0.15, -0.1) is 0 Å². The van der Waals surface area contributed by atoms with Gasteiger partial charge in [-0.1, -0.05) is 0 Å². The van der Waals surface area contributed by atoms with Crippen molar-refractivity contribution in [2.75, 3.05) is 12.4 Å². The number of amides is 1. The first kappa shape index (κ1) is 14.5. The molecule has 21 heavy (non-hydrogen) atoms. The zero-order valence-electron chi connectivity index (χ0n) is 11.0. The van der Waals surface area contributed by atoms with E-state index in [4.69, 9.17) is 10.00 Å². The van der Waals surface area contributed by atoms with Crippen molar-refractivity contribution in [2.24, 2.45) is 0 Å². The minimum atomic E-state index is -1.10. The Morgan fingerprint density at radius 1 is 1.19 bits per heavy atom. The number of nitriles is 1. The molecule has 1 amide bonds. The van der Waals surface area contributed by atoms with E-state index >= 15 is 0 Å². The summed E-state index contributed by atoms with van der Waals surface area (Å²) in [5.41, 5.74) is 0.671. The second-order valence-corrected chi connectivity index (χ2v) is 4.11. The van der Waals surface area contributed by atoms with Crippen molar-refractivity contribution in [1.29, 1.82) is 5.26 Å². The molecule has 0 saturated carbocycles. The fourth-order valence-electron chi connectivity index (χ4n) is 1.70. The molecule has 0 bridgehead atoms. The first-order valence-corrected chi connectivity index (χ1v) is 5.89. The van der Waals surface area contributed by atoms with E-state index in [2.05, 4.69) is 5.32 Å². The number of hydrogen-bond donors (Lipinski definition) is 1. The second-order valence-electron chi connectivity index (χ2n) is 4.11. The maximum absolute atomic E-state index is 13.1. The van der Waals surface area contributed by atoms with Gasteiger partial charge in [0, 0.05) is 11.6 Å². The maximum atomic E-state index is 13.1. The highest BCUT2D eigenvalue weighted by atomic mass is 19.2. The summed E-state index contributed by atoms with van der Waals surface area (Å²) in [6, 6.07) is 9.25. The minimum Gasteiger partial charge on any atom is -0.495 e. The Morgan fingerprint density at radius 2 is 1.95 bits per heavy atom. The fourth-order valence-corrected chi connectivity index (χ4v) is 1.70. The molecule has 0 saturated heterocycles. The number of methoxy groups -OCH3 is 1. The molecule has 2 rings (SSSR count). The van der Waals surface area contributed by atoms with Crippen LogP contribution in [0, 0.1) is 23.0 Å². The highest BCUT2D eigenvalue weighted by Gasteiger charge is 2.12. The van der Waals surface area contributed by atoms with Crippen molar-refractivity contribution in [3.63, 3.8) is 0 Å². The normalized spacial score (nSPS) is 9.81. The molecule has 0 radical (unpaired) electrons. The molecule has 0 heterocycles. The molecule has 0 aliphatic rings. The summed E-state index contributed by atoms with van der Waals surface area (Å²) in [4.78, 5) is 12.0. The second kappa shape index (κ2) is 6.01. The minimum absolute atomic E-state index is 0.0275. The first-order valence-electron chi connectivity index (χ1n) is 5.89. The number of hydrogen-bond acceptors (Lipinski definition) is 3. The topological polar surface area (TPSA) is 62.1 Å². The molecule has 6 heteroatoms. The van der Waals surface area contributed by atoms with Gasteiger partial charge in [0.15, 0.2) is 11.6 Å². The SMILES string of the molecule is COc1cc(C#N)ccc1NC(=O)c1ccc(F)c(F)c1. The Balaban J connectivity index is 2.27. The number of anilines is 1. The number of ether oxygens (including phenoxy) is 1. The summed E-state index contributed by atoms with van der Waals surface area (Å²) in [5, 5.41) is 11.3. The highest BCUT2D eigenvalue weighted by molar-refractivity contribution is 6.05. The van der Waals surface area contributed by atoms with Crippen molar-refractivity contribution in [3.05, 3.63) is 59.2 Å². The summed E-state index contributed by atoms with van der Waals surface area (Å²) in [6.45, 7) is 0. The quantitative estimate of drug-likeness (QED) is 0.944. The van der Waals surface area contributed by atoms with Crippen LogP contribution in [0.3, 0.4) is 0 Å². The number of carbonyl (C=O) groups is 1. The van der Waals surface area contributed by atoms with Crippen molar-refractivity contribution in [3.8, 4) is 11.8 Å². The van der Waals surface area contributed by atoms with Gasteiger partial charge in [-0.05, 0) is 30.3 Å². The predicted octanol–water partition coefficient (Wildman–Crippen LogP) is 3.10. The molecule has 2 aromatic carbocycles. The molecule has 0 unspecified atom stereocenters. The molecule has 2 aromatic rings. The predicted molar refractivity (Wildman–Crippen MR) is 72.0 cm³/mol. The van der Waals surface area contributed by atoms with Crippen LogP contribution in [0.1, 0.15) is 15.9 Å². The van der Waals surface area contributed by atoms with E-state index in [1.165, 1.54) is 31.4 Å². The number of nitrogens with zero attached hydrogens (tertiary/aromatic N) is 1. The Morgan fingerprint density at radius 3 is 2.57 bits per heavy atom. The first-order chi connectivity index (χ1) is 10.0. The van der Waals surface area contributed by atoms with Gasteiger partial charge >= 0.3 is 0 Å². The van der Waals surface area contributed by atoms with Gasteiger partial charge < -0.3 is 10.1 Å². The Bertz CT molecular complexity index is 739. The highest BCUT2D eigenvalue weighted by Crippen LogP contribution is 2.26. The third-order valence-electron chi connectivity index (χ3n) is 2.76. The van der Waals surface area contributed by atoms with Gasteiger partial charge in [-0.25, -0.2) is 8.78 Å². The van der Waals surface area contributed by atoms with E-state index in [0.717, 1.165) is 12.1 Å². The molecule has 0 aliphatic heterocycles. The zero-order valence-corrected chi connectivity index (χ0v) is 11.0. The number of carbonyl (C=O) groups excluding carboxylic acids is 1. The van der Waals surface area contributed by atoms with Crippen molar-refractivity contribution < 1.29 is 18.3 Å². The summed E-state index contributed by atoms with van der Waals surface area (Å²) < 4.78 is 31.0. The standard InChI is InChI=1S/C15H10F2N2O2/c1-21-14-6-9(8-18)2-5-13(14)19-15(20)10-3-4-11(16)12(17)7-10/h2-7H,1H3,(H,19,20). The summed E-state index contributed by atoms with van der Waals surface area (Å²) >= 11 is 0. The van der Waals surface area contributed by atoms with Crippen LogP contribution in [0.4, 0.5) is 14.5 Å².